The first-order chi connectivity index (χ1) is 8.54. The van der Waals surface area contributed by atoms with Crippen molar-refractivity contribution in [1.29, 1.82) is 0 Å². The average molecular weight is 267 g/mol. The van der Waals surface area contributed by atoms with Crippen LogP contribution in [0.4, 0.5) is 5.69 Å². The molecule has 1 unspecified atom stereocenters. The van der Waals surface area contributed by atoms with Gasteiger partial charge in [-0.3, -0.25) is 14.7 Å². The Bertz CT molecular complexity index is 574. The molecule has 0 aromatic carbocycles. The highest BCUT2D eigenvalue weighted by atomic mass is 32.1. The van der Waals surface area contributed by atoms with E-state index in [4.69, 9.17) is 0 Å². The zero-order valence-corrected chi connectivity index (χ0v) is 10.8. The smallest absolute Gasteiger partial charge is 0.304 e. The van der Waals surface area contributed by atoms with Crippen molar-refractivity contribution in [1.82, 2.24) is 9.55 Å². The van der Waals surface area contributed by atoms with Crippen LogP contribution in [0.15, 0.2) is 18.5 Å². The summed E-state index contributed by atoms with van der Waals surface area (Å²) >= 11 is 1.21. The lowest BCUT2D eigenvalue weighted by molar-refractivity contribution is -0.384. The van der Waals surface area contributed by atoms with Gasteiger partial charge in [0, 0.05) is 29.8 Å². The fourth-order valence-corrected chi connectivity index (χ4v) is 2.75. The standard InChI is InChI=1S/C11H13N3O3S/c1-3-10-12-4-5-13(10)11-8(14(16)17)6-9(18-11)7(2)15/h4-7,15H,3H2,1-2H3. The molecule has 0 bridgehead atoms. The van der Waals surface area contributed by atoms with E-state index in [1.807, 2.05) is 6.92 Å². The Morgan fingerprint density at radius 3 is 2.94 bits per heavy atom. The van der Waals surface area contributed by atoms with Crippen molar-refractivity contribution < 1.29 is 10.0 Å². The molecule has 96 valence electrons. The lowest BCUT2D eigenvalue weighted by Gasteiger charge is -2.02. The number of thiophene rings is 1. The molecule has 0 fully saturated rings. The molecule has 0 aliphatic carbocycles. The normalized spacial score (nSPS) is 12.6. The molecule has 0 saturated carbocycles. The topological polar surface area (TPSA) is 81.2 Å². The number of imidazole rings is 1. The molecular formula is C11H13N3O3S. The second kappa shape index (κ2) is 4.87. The fourth-order valence-electron chi connectivity index (χ4n) is 1.68. The summed E-state index contributed by atoms with van der Waals surface area (Å²) in [5.74, 6) is 0.761. The second-order valence-corrected chi connectivity index (χ2v) is 4.90. The van der Waals surface area contributed by atoms with Crippen LogP contribution in [-0.2, 0) is 6.42 Å². The van der Waals surface area contributed by atoms with Gasteiger partial charge in [0.15, 0.2) is 5.00 Å². The Balaban J connectivity index is 2.59. The highest BCUT2D eigenvalue weighted by Gasteiger charge is 2.23. The summed E-state index contributed by atoms with van der Waals surface area (Å²) in [7, 11) is 0. The molecule has 0 aliphatic rings. The van der Waals surface area contributed by atoms with Gasteiger partial charge in [0.05, 0.1) is 11.0 Å². The SMILES string of the molecule is CCc1nccn1-c1sc(C(C)O)cc1[N+](=O)[O-]. The molecular weight excluding hydrogens is 254 g/mol. The molecule has 2 heterocycles. The lowest BCUT2D eigenvalue weighted by Crippen LogP contribution is -1.99. The molecule has 0 saturated heterocycles. The number of aryl methyl sites for hydroxylation is 1. The van der Waals surface area contributed by atoms with E-state index in [1.165, 1.54) is 17.4 Å². The number of rotatable bonds is 4. The van der Waals surface area contributed by atoms with E-state index < -0.39 is 11.0 Å². The summed E-state index contributed by atoms with van der Waals surface area (Å²) in [5, 5.41) is 21.1. The van der Waals surface area contributed by atoms with E-state index >= 15 is 0 Å². The highest BCUT2D eigenvalue weighted by molar-refractivity contribution is 7.15. The van der Waals surface area contributed by atoms with Crippen LogP contribution < -0.4 is 0 Å². The van der Waals surface area contributed by atoms with Crippen LogP contribution >= 0.6 is 11.3 Å². The van der Waals surface area contributed by atoms with Gasteiger partial charge in [0.25, 0.3) is 0 Å². The Labute approximate surface area is 108 Å². The summed E-state index contributed by atoms with van der Waals surface area (Å²) in [4.78, 5) is 15.3. The third-order valence-corrected chi connectivity index (χ3v) is 3.87. The number of aliphatic hydroxyl groups excluding tert-OH is 1. The molecule has 0 radical (unpaired) electrons. The summed E-state index contributed by atoms with van der Waals surface area (Å²) in [5.41, 5.74) is 0.00333. The van der Waals surface area contributed by atoms with Crippen LogP contribution in [0.2, 0.25) is 0 Å². The Hall–Kier alpha value is -1.73. The van der Waals surface area contributed by atoms with E-state index in [9.17, 15) is 15.2 Å². The monoisotopic (exact) mass is 267 g/mol. The van der Waals surface area contributed by atoms with Crippen molar-refractivity contribution in [3.05, 3.63) is 39.3 Å². The molecule has 2 rings (SSSR count). The first-order valence-corrected chi connectivity index (χ1v) is 6.35. The molecule has 1 atom stereocenters. The van der Waals surface area contributed by atoms with Gasteiger partial charge in [0.1, 0.15) is 5.82 Å². The number of hydrogen-bond acceptors (Lipinski definition) is 5. The van der Waals surface area contributed by atoms with Crippen LogP contribution in [0.25, 0.3) is 5.00 Å². The van der Waals surface area contributed by atoms with E-state index in [-0.39, 0.29) is 5.69 Å². The van der Waals surface area contributed by atoms with Crippen molar-refractivity contribution >= 4 is 17.0 Å². The van der Waals surface area contributed by atoms with Gasteiger partial charge in [-0.15, -0.1) is 11.3 Å². The van der Waals surface area contributed by atoms with Gasteiger partial charge in [-0.2, -0.15) is 0 Å². The minimum atomic E-state index is -0.712. The second-order valence-electron chi connectivity index (χ2n) is 3.84. The van der Waals surface area contributed by atoms with Gasteiger partial charge in [-0.05, 0) is 6.92 Å². The van der Waals surface area contributed by atoms with Crippen LogP contribution in [0.3, 0.4) is 0 Å². The largest absolute Gasteiger partial charge is 0.388 e. The first-order valence-electron chi connectivity index (χ1n) is 5.53. The molecule has 2 aromatic rings. The molecule has 0 spiro atoms. The van der Waals surface area contributed by atoms with Gasteiger partial charge < -0.3 is 5.11 Å². The van der Waals surface area contributed by atoms with Crippen LogP contribution in [0, 0.1) is 10.1 Å². The molecule has 18 heavy (non-hydrogen) atoms. The van der Waals surface area contributed by atoms with E-state index in [1.54, 1.807) is 23.9 Å². The van der Waals surface area contributed by atoms with Crippen molar-refractivity contribution in [2.45, 2.75) is 26.4 Å². The number of hydrogen-bond donors (Lipinski definition) is 1. The summed E-state index contributed by atoms with van der Waals surface area (Å²) < 4.78 is 1.70. The summed E-state index contributed by atoms with van der Waals surface area (Å²) in [6, 6.07) is 1.42. The van der Waals surface area contributed by atoms with E-state index in [0.717, 1.165) is 5.82 Å². The molecule has 7 heteroatoms. The highest BCUT2D eigenvalue weighted by Crippen LogP contribution is 2.36. The quantitative estimate of drug-likeness (QED) is 0.681. The van der Waals surface area contributed by atoms with Gasteiger partial charge in [-0.25, -0.2) is 4.98 Å². The number of nitro groups is 1. The Morgan fingerprint density at radius 2 is 2.39 bits per heavy atom. The maximum Gasteiger partial charge on any atom is 0.304 e. The minimum absolute atomic E-state index is 0.00333. The van der Waals surface area contributed by atoms with Crippen LogP contribution in [0.1, 0.15) is 30.7 Å². The predicted octanol–water partition coefficient (Wildman–Crippen LogP) is 2.46. The molecule has 0 aliphatic heterocycles. The third kappa shape index (κ3) is 2.14. The van der Waals surface area contributed by atoms with Gasteiger partial charge in [-0.1, -0.05) is 6.92 Å². The maximum absolute atomic E-state index is 11.0. The van der Waals surface area contributed by atoms with Gasteiger partial charge >= 0.3 is 5.69 Å². The van der Waals surface area contributed by atoms with Crippen LogP contribution in [-0.4, -0.2) is 19.6 Å². The number of nitrogens with zero attached hydrogens (tertiary/aromatic N) is 3. The average Bonchev–Trinajstić information content (AvgIpc) is 2.94. The van der Waals surface area contributed by atoms with Crippen molar-refractivity contribution in [2.75, 3.05) is 0 Å². The first kappa shape index (κ1) is 12.7. The number of aromatic nitrogens is 2. The van der Waals surface area contributed by atoms with Crippen molar-refractivity contribution in [2.24, 2.45) is 0 Å². The Morgan fingerprint density at radius 1 is 1.67 bits per heavy atom. The van der Waals surface area contributed by atoms with Crippen LogP contribution in [0.5, 0.6) is 0 Å². The van der Waals surface area contributed by atoms with E-state index in [2.05, 4.69) is 4.98 Å². The maximum atomic E-state index is 11.0. The minimum Gasteiger partial charge on any atom is -0.388 e. The zero-order chi connectivity index (χ0) is 13.3. The summed E-state index contributed by atoms with van der Waals surface area (Å²) in [6.07, 6.45) is 3.29. The van der Waals surface area contributed by atoms with Crippen molar-refractivity contribution in [3.8, 4) is 5.00 Å². The van der Waals surface area contributed by atoms with E-state index in [0.29, 0.717) is 16.3 Å². The Kier molecular flexibility index (Phi) is 3.44. The molecule has 0 amide bonds. The fraction of sp³-hybridized carbons (Fsp3) is 0.364. The third-order valence-electron chi connectivity index (χ3n) is 2.57. The molecule has 6 nitrogen and oxygen atoms in total. The molecule has 1 N–H and O–H groups in total. The van der Waals surface area contributed by atoms with Gasteiger partial charge in [0.2, 0.25) is 0 Å². The lowest BCUT2D eigenvalue weighted by atomic mass is 10.3. The zero-order valence-electron chi connectivity index (χ0n) is 10.0. The summed E-state index contributed by atoms with van der Waals surface area (Å²) in [6.45, 7) is 3.53. The molecule has 2 aromatic heterocycles. The van der Waals surface area contributed by atoms with Crippen molar-refractivity contribution in [3.63, 3.8) is 0 Å². The number of aliphatic hydroxyl groups is 1. The predicted molar refractivity (Wildman–Crippen MR) is 68.1 cm³/mol.